The number of fused-ring (bicyclic) bond motifs is 4. The molecule has 0 atom stereocenters. The summed E-state index contributed by atoms with van der Waals surface area (Å²) in [6.07, 6.45) is 4.24. The van der Waals surface area contributed by atoms with E-state index in [1.165, 1.54) is 24.5 Å². The van der Waals surface area contributed by atoms with E-state index in [9.17, 15) is 18.0 Å². The van der Waals surface area contributed by atoms with Crippen LogP contribution in [0.15, 0.2) is 46.5 Å². The molecule has 3 aromatic rings. The van der Waals surface area contributed by atoms with Gasteiger partial charge in [0.2, 0.25) is 9.84 Å². The third kappa shape index (κ3) is 1.80. The van der Waals surface area contributed by atoms with Gasteiger partial charge < -0.3 is 0 Å². The highest BCUT2D eigenvalue weighted by atomic mass is 32.2. The van der Waals surface area contributed by atoms with Gasteiger partial charge in [-0.15, -0.1) is 0 Å². The molecule has 2 aliphatic heterocycles. The Morgan fingerprint density at radius 3 is 2.69 bits per heavy atom. The lowest BCUT2D eigenvalue weighted by Crippen LogP contribution is -2.32. The van der Waals surface area contributed by atoms with Crippen LogP contribution < -0.4 is 0 Å². The number of carbonyl (C=O) groups excluding carboxylic acids is 2. The molecule has 0 fully saturated rings. The van der Waals surface area contributed by atoms with Gasteiger partial charge in [-0.1, -0.05) is 18.2 Å². The first kappa shape index (κ1) is 15.0. The molecule has 26 heavy (non-hydrogen) atoms. The summed E-state index contributed by atoms with van der Waals surface area (Å²) >= 11 is 0. The van der Waals surface area contributed by atoms with E-state index in [0.29, 0.717) is 16.6 Å². The van der Waals surface area contributed by atoms with Gasteiger partial charge in [0.1, 0.15) is 0 Å². The van der Waals surface area contributed by atoms with E-state index >= 15 is 0 Å². The molecular formula is C17H10N4O4S. The number of benzene rings is 1. The van der Waals surface area contributed by atoms with Crippen LogP contribution in [0.4, 0.5) is 0 Å². The zero-order valence-corrected chi connectivity index (χ0v) is 13.9. The van der Waals surface area contributed by atoms with Crippen molar-refractivity contribution < 1.29 is 18.0 Å². The Balaban J connectivity index is 1.57. The smallest absolute Gasteiger partial charge is 0.263 e. The highest BCUT2D eigenvalue weighted by Crippen LogP contribution is 2.35. The molecule has 2 aromatic heterocycles. The third-order valence-corrected chi connectivity index (χ3v) is 6.49. The van der Waals surface area contributed by atoms with Crippen LogP contribution in [0.3, 0.4) is 0 Å². The summed E-state index contributed by atoms with van der Waals surface area (Å²) in [5.74, 6) is -1.11. The van der Waals surface area contributed by atoms with Gasteiger partial charge in [0.15, 0.2) is 5.65 Å². The Morgan fingerprint density at radius 1 is 1.08 bits per heavy atom. The zero-order chi connectivity index (χ0) is 18.1. The van der Waals surface area contributed by atoms with Crippen LogP contribution in [0, 0.1) is 0 Å². The van der Waals surface area contributed by atoms with Crippen LogP contribution in [-0.4, -0.2) is 46.9 Å². The van der Waals surface area contributed by atoms with Crippen molar-refractivity contribution in [2.45, 2.75) is 4.90 Å². The van der Waals surface area contributed by atoms with Gasteiger partial charge in [0.05, 0.1) is 39.1 Å². The number of aromatic nitrogens is 3. The average Bonchev–Trinajstić information content (AvgIpc) is 3.26. The molecular weight excluding hydrogens is 356 g/mol. The van der Waals surface area contributed by atoms with Gasteiger partial charge in [-0.3, -0.25) is 19.6 Å². The monoisotopic (exact) mass is 366 g/mol. The highest BCUT2D eigenvalue weighted by Gasteiger charge is 2.41. The average molecular weight is 366 g/mol. The van der Waals surface area contributed by atoms with Crippen LogP contribution >= 0.6 is 0 Å². The second kappa shape index (κ2) is 4.85. The lowest BCUT2D eigenvalue weighted by molar-refractivity contribution is 0.0671. The van der Waals surface area contributed by atoms with Gasteiger partial charge in [0, 0.05) is 6.20 Å². The van der Waals surface area contributed by atoms with Crippen molar-refractivity contribution in [2.24, 2.45) is 0 Å². The topological polar surface area (TPSA) is 113 Å². The van der Waals surface area contributed by atoms with E-state index in [1.54, 1.807) is 18.2 Å². The van der Waals surface area contributed by atoms with Gasteiger partial charge in [-0.2, -0.15) is 5.10 Å². The maximum atomic E-state index is 12.8. The first-order chi connectivity index (χ1) is 12.5. The number of H-pyrrole nitrogens is 1. The van der Waals surface area contributed by atoms with Crippen molar-refractivity contribution in [2.75, 3.05) is 6.54 Å². The molecule has 8 nitrogen and oxygen atoms in total. The van der Waals surface area contributed by atoms with Crippen molar-refractivity contribution in [3.8, 4) is 0 Å². The fourth-order valence-electron chi connectivity index (χ4n) is 3.33. The molecule has 128 valence electrons. The van der Waals surface area contributed by atoms with Crippen molar-refractivity contribution in [3.05, 3.63) is 58.3 Å². The minimum atomic E-state index is -3.72. The second-order valence-electron chi connectivity index (χ2n) is 6.03. The summed E-state index contributed by atoms with van der Waals surface area (Å²) in [5, 5.41) is 6.93. The number of carbonyl (C=O) groups is 2. The number of imide groups is 1. The molecule has 2 aliphatic rings. The van der Waals surface area contributed by atoms with Crippen LogP contribution in [-0.2, 0) is 9.84 Å². The second-order valence-corrected chi connectivity index (χ2v) is 8.00. The lowest BCUT2D eigenvalue weighted by Gasteiger charge is -2.14. The summed E-state index contributed by atoms with van der Waals surface area (Å²) in [7, 11) is -3.72. The van der Waals surface area contributed by atoms with Crippen LogP contribution in [0.5, 0.6) is 0 Å². The molecule has 2 amide bonds. The third-order valence-electron chi connectivity index (χ3n) is 4.60. The van der Waals surface area contributed by atoms with Crippen molar-refractivity contribution in [1.29, 1.82) is 0 Å². The Hall–Kier alpha value is -3.33. The van der Waals surface area contributed by atoms with Gasteiger partial charge >= 0.3 is 0 Å². The van der Waals surface area contributed by atoms with E-state index in [-0.39, 0.29) is 27.5 Å². The molecule has 4 heterocycles. The minimum Gasteiger partial charge on any atom is -0.269 e. The maximum Gasteiger partial charge on any atom is 0.263 e. The molecule has 0 saturated carbocycles. The SMILES string of the molecule is O=C1c2cnc3[nH]ncc3c2C(=O)N1CC1=Cc2ccccc2S1(=O)=O. The highest BCUT2D eigenvalue weighted by molar-refractivity contribution is 7.95. The normalized spacial score (nSPS) is 17.5. The van der Waals surface area contributed by atoms with E-state index in [0.717, 1.165) is 4.90 Å². The van der Waals surface area contributed by atoms with Gasteiger partial charge in [-0.25, -0.2) is 13.4 Å². The molecule has 0 bridgehead atoms. The molecule has 1 aromatic carbocycles. The molecule has 1 N–H and O–H groups in total. The number of rotatable bonds is 2. The minimum absolute atomic E-state index is 0.0182. The van der Waals surface area contributed by atoms with E-state index in [4.69, 9.17) is 0 Å². The number of hydrogen-bond acceptors (Lipinski definition) is 6. The Bertz CT molecular complexity index is 1270. The fourth-order valence-corrected chi connectivity index (χ4v) is 4.89. The van der Waals surface area contributed by atoms with Gasteiger partial charge in [-0.05, 0) is 17.7 Å². The van der Waals surface area contributed by atoms with Gasteiger partial charge in [0.25, 0.3) is 11.8 Å². The summed E-state index contributed by atoms with van der Waals surface area (Å²) in [5.41, 5.74) is 1.30. The molecule has 0 aliphatic carbocycles. The molecule has 0 saturated heterocycles. The van der Waals surface area contributed by atoms with Crippen LogP contribution in [0.1, 0.15) is 26.3 Å². The summed E-state index contributed by atoms with van der Waals surface area (Å²) < 4.78 is 25.4. The number of pyridine rings is 1. The van der Waals surface area contributed by atoms with Crippen molar-refractivity contribution in [3.63, 3.8) is 0 Å². The Labute approximate surface area is 147 Å². The number of amides is 2. The number of hydrogen-bond donors (Lipinski definition) is 1. The maximum absolute atomic E-state index is 12.8. The standard InChI is InChI=1S/C17H10N4O4S/c22-16-12-6-18-15-11(7-19-20-15)14(12)17(23)21(16)8-10-5-9-3-1-2-4-13(9)26(10,24)25/h1-7H,8H2,(H,18,19,20). The summed E-state index contributed by atoms with van der Waals surface area (Å²) in [6.45, 7) is -0.317. The molecule has 0 radical (unpaired) electrons. The van der Waals surface area contributed by atoms with E-state index in [2.05, 4.69) is 15.2 Å². The van der Waals surface area contributed by atoms with Crippen LogP contribution in [0.2, 0.25) is 0 Å². The predicted molar refractivity (Wildman–Crippen MR) is 90.9 cm³/mol. The molecule has 0 spiro atoms. The first-order valence-electron chi connectivity index (χ1n) is 7.71. The van der Waals surface area contributed by atoms with E-state index in [1.807, 2.05) is 0 Å². The summed E-state index contributed by atoms with van der Waals surface area (Å²) in [4.78, 5) is 30.7. The van der Waals surface area contributed by atoms with Crippen molar-refractivity contribution in [1.82, 2.24) is 20.1 Å². The fraction of sp³-hybridized carbons (Fsp3) is 0.0588. The largest absolute Gasteiger partial charge is 0.269 e. The number of sulfone groups is 1. The molecule has 5 rings (SSSR count). The van der Waals surface area contributed by atoms with Crippen LogP contribution in [0.25, 0.3) is 17.1 Å². The predicted octanol–water partition coefficient (Wildman–Crippen LogP) is 1.38. The number of nitrogens with zero attached hydrogens (tertiary/aromatic N) is 3. The molecule has 0 unspecified atom stereocenters. The zero-order valence-electron chi connectivity index (χ0n) is 13.1. The van der Waals surface area contributed by atoms with Crippen molar-refractivity contribution >= 4 is 38.8 Å². The quantitative estimate of drug-likeness (QED) is 0.686. The lowest BCUT2D eigenvalue weighted by atomic mass is 10.1. The summed E-state index contributed by atoms with van der Waals surface area (Å²) in [6, 6.07) is 6.56. The number of nitrogens with one attached hydrogen (secondary N) is 1. The first-order valence-corrected chi connectivity index (χ1v) is 9.20. The Morgan fingerprint density at radius 2 is 1.88 bits per heavy atom. The molecule has 9 heteroatoms. The number of aromatic amines is 1. The van der Waals surface area contributed by atoms with E-state index < -0.39 is 21.7 Å². The Kier molecular flexibility index (Phi) is 2.79.